The lowest BCUT2D eigenvalue weighted by atomic mass is 10.1. The van der Waals surface area contributed by atoms with Crippen LogP contribution in [0.1, 0.15) is 125 Å². The lowest BCUT2D eigenvalue weighted by molar-refractivity contribution is 0.875. The molecule has 7 aromatic rings. The zero-order valence-corrected chi connectivity index (χ0v) is 43.1. The third-order valence-corrected chi connectivity index (χ3v) is 9.47. The van der Waals surface area contributed by atoms with Gasteiger partial charge in [0.15, 0.2) is 0 Å². The van der Waals surface area contributed by atoms with Gasteiger partial charge in [-0.05, 0) is 228 Å². The van der Waals surface area contributed by atoms with E-state index in [9.17, 15) is 0 Å². The summed E-state index contributed by atoms with van der Waals surface area (Å²) in [5.41, 5.74) is 19.9. The molecule has 0 saturated heterocycles. The molecule has 0 fully saturated rings. The fourth-order valence-corrected chi connectivity index (χ4v) is 6.23. The molecule has 0 atom stereocenters. The molecule has 0 amide bonds. The Morgan fingerprint density at radius 3 is 0.875 bits per heavy atom. The summed E-state index contributed by atoms with van der Waals surface area (Å²) in [5.74, 6) is 4.09. The van der Waals surface area contributed by atoms with E-state index in [1.807, 2.05) is 135 Å². The topological polar surface area (TPSA) is 142 Å². The van der Waals surface area contributed by atoms with Crippen LogP contribution in [-0.4, -0.2) is 54.8 Å². The molecule has 0 aliphatic carbocycles. The number of hydrogen-bond acceptors (Lipinski definition) is 11. The number of aromatic nitrogens is 11. The second kappa shape index (κ2) is 27.7. The van der Waals surface area contributed by atoms with Crippen LogP contribution >= 0.6 is 0 Å². The zero-order valence-electron chi connectivity index (χ0n) is 43.1. The van der Waals surface area contributed by atoms with Crippen LogP contribution < -0.4 is 0 Å². The standard InChI is InChI=1S/C8H12N2.4C8H11N.C7H10N2.C6H9N3/c1-5-6(2)9-8(4)10-7(5)3;1-6-4-9-5-7(2)8(6)3;2*1-6-4-7(2)9-8(3)5-6;1-6-4-5-7(2)9-8(6)3;1-5-4-6(2)9-7(3)8-5;1-4-7-5(2)9-6(3)8-4/h1-4H3;4*4-5H,1-3H3;4H,1-3H3;1-3H3. The van der Waals surface area contributed by atoms with E-state index in [4.69, 9.17) is 0 Å². The smallest absolute Gasteiger partial charge is 0.129 e. The first-order chi connectivity index (χ1) is 29.7. The van der Waals surface area contributed by atoms with Gasteiger partial charge in [-0.2, -0.15) is 0 Å². The highest BCUT2D eigenvalue weighted by molar-refractivity contribution is 5.28. The largest absolute Gasteiger partial charge is 0.264 e. The van der Waals surface area contributed by atoms with Crippen molar-refractivity contribution in [3.8, 4) is 0 Å². The Labute approximate surface area is 385 Å². The molecule has 7 rings (SSSR count). The van der Waals surface area contributed by atoms with Gasteiger partial charge in [0.2, 0.25) is 0 Å². The van der Waals surface area contributed by atoms with E-state index in [0.717, 1.165) is 86.1 Å². The average Bonchev–Trinajstić information content (AvgIpc) is 3.14. The highest BCUT2D eigenvalue weighted by Gasteiger charge is 1.99. The summed E-state index contributed by atoms with van der Waals surface area (Å²) >= 11 is 0. The van der Waals surface area contributed by atoms with Crippen molar-refractivity contribution in [3.63, 3.8) is 0 Å². The Balaban J connectivity index is 0.000000373. The third kappa shape index (κ3) is 23.3. The molecule has 0 spiro atoms. The normalized spacial score (nSPS) is 9.72. The van der Waals surface area contributed by atoms with E-state index in [1.54, 1.807) is 0 Å². The summed E-state index contributed by atoms with van der Waals surface area (Å²) in [4.78, 5) is 45.5. The van der Waals surface area contributed by atoms with E-state index in [2.05, 4.69) is 127 Å². The van der Waals surface area contributed by atoms with Crippen molar-refractivity contribution in [2.45, 2.75) is 152 Å². The van der Waals surface area contributed by atoms with Gasteiger partial charge in [0, 0.05) is 69.3 Å². The van der Waals surface area contributed by atoms with Crippen molar-refractivity contribution >= 4 is 0 Å². The molecular weight excluding hydrogens is 791 g/mol. The van der Waals surface area contributed by atoms with Gasteiger partial charge < -0.3 is 0 Å². The number of rotatable bonds is 0. The van der Waals surface area contributed by atoms with Crippen LogP contribution in [0, 0.1) is 152 Å². The van der Waals surface area contributed by atoms with Gasteiger partial charge in [0.1, 0.15) is 29.1 Å². The molecule has 7 aromatic heterocycles. The predicted octanol–water partition coefficient (Wildman–Crippen LogP) is 11.9. The van der Waals surface area contributed by atoms with Crippen molar-refractivity contribution in [1.82, 2.24) is 54.8 Å². The van der Waals surface area contributed by atoms with E-state index < -0.39 is 0 Å². The predicted molar refractivity (Wildman–Crippen MR) is 265 cm³/mol. The number of pyridine rings is 4. The molecule has 342 valence electrons. The van der Waals surface area contributed by atoms with Gasteiger partial charge in [0.05, 0.1) is 0 Å². The van der Waals surface area contributed by atoms with Crippen LogP contribution in [0.15, 0.2) is 54.9 Å². The number of aryl methyl sites for hydroxylation is 20. The minimum Gasteiger partial charge on any atom is -0.264 e. The van der Waals surface area contributed by atoms with Crippen LogP contribution in [0.4, 0.5) is 0 Å². The van der Waals surface area contributed by atoms with Gasteiger partial charge in [0.25, 0.3) is 0 Å². The third-order valence-electron chi connectivity index (χ3n) is 9.47. The van der Waals surface area contributed by atoms with Crippen LogP contribution in [0.5, 0.6) is 0 Å². The summed E-state index contributed by atoms with van der Waals surface area (Å²) in [6.45, 7) is 44.0. The molecule has 7 heterocycles. The molecule has 0 aliphatic heterocycles. The fourth-order valence-electron chi connectivity index (χ4n) is 6.23. The van der Waals surface area contributed by atoms with Gasteiger partial charge in [-0.15, -0.1) is 0 Å². The first-order valence-electron chi connectivity index (χ1n) is 21.6. The average molecular weight is 866 g/mol. The fraction of sp³-hybridized carbons (Fsp3) is 0.415. The Hall–Kier alpha value is -6.23. The summed E-state index contributed by atoms with van der Waals surface area (Å²) in [6, 6.07) is 14.4. The van der Waals surface area contributed by atoms with Gasteiger partial charge in [-0.1, -0.05) is 6.07 Å². The van der Waals surface area contributed by atoms with Gasteiger partial charge in [-0.3, -0.25) is 19.9 Å². The van der Waals surface area contributed by atoms with Crippen molar-refractivity contribution in [3.05, 3.63) is 180 Å². The van der Waals surface area contributed by atoms with Gasteiger partial charge in [-0.25, -0.2) is 34.9 Å². The van der Waals surface area contributed by atoms with E-state index >= 15 is 0 Å². The highest BCUT2D eigenvalue weighted by Crippen LogP contribution is 2.09. The monoisotopic (exact) mass is 866 g/mol. The van der Waals surface area contributed by atoms with Crippen LogP contribution in [-0.2, 0) is 0 Å². The quantitative estimate of drug-likeness (QED) is 0.144. The number of nitrogens with zero attached hydrogens (tertiary/aromatic N) is 11. The van der Waals surface area contributed by atoms with Crippen molar-refractivity contribution in [2.75, 3.05) is 0 Å². The van der Waals surface area contributed by atoms with Crippen molar-refractivity contribution < 1.29 is 0 Å². The maximum absolute atomic E-state index is 4.27. The van der Waals surface area contributed by atoms with Gasteiger partial charge >= 0.3 is 0 Å². The molecule has 0 aromatic carbocycles. The first-order valence-corrected chi connectivity index (χ1v) is 21.6. The molecule has 0 saturated carbocycles. The van der Waals surface area contributed by atoms with Crippen molar-refractivity contribution in [2.24, 2.45) is 0 Å². The maximum atomic E-state index is 4.27. The Bertz CT molecular complexity index is 2100. The molecule has 0 unspecified atom stereocenters. The molecular formula is C53H75N11. The Morgan fingerprint density at radius 2 is 0.578 bits per heavy atom. The highest BCUT2D eigenvalue weighted by atomic mass is 15.0. The summed E-state index contributed by atoms with van der Waals surface area (Å²) in [7, 11) is 0. The van der Waals surface area contributed by atoms with Crippen LogP contribution in [0.25, 0.3) is 0 Å². The minimum atomic E-state index is 0.792. The minimum absolute atomic E-state index is 0.792. The Kier molecular flexibility index (Phi) is 24.2. The molecule has 0 aliphatic rings. The molecule has 11 nitrogen and oxygen atoms in total. The number of hydrogen-bond donors (Lipinski definition) is 0. The second-order valence-electron chi connectivity index (χ2n) is 16.3. The summed E-state index contributed by atoms with van der Waals surface area (Å²) in [5, 5.41) is 0. The maximum Gasteiger partial charge on any atom is 0.129 e. The molecule has 11 heteroatoms. The lowest BCUT2D eigenvalue weighted by Gasteiger charge is -2.02. The molecule has 0 N–H and O–H groups in total. The zero-order chi connectivity index (χ0) is 48.8. The van der Waals surface area contributed by atoms with E-state index in [1.165, 1.54) is 38.9 Å². The summed E-state index contributed by atoms with van der Waals surface area (Å²) < 4.78 is 0. The second-order valence-corrected chi connectivity index (χ2v) is 16.3. The van der Waals surface area contributed by atoms with Crippen LogP contribution in [0.3, 0.4) is 0 Å². The molecule has 64 heavy (non-hydrogen) atoms. The summed E-state index contributed by atoms with van der Waals surface area (Å²) in [6.07, 6.45) is 3.78. The SMILES string of the molecule is Cc1cc(C)nc(C)c1.Cc1cc(C)nc(C)c1.Cc1cc(C)nc(C)n1.Cc1ccc(C)c(C)n1.Cc1cncc(C)c1C.Cc1nc(C)c(C)c(C)n1.Cc1nc(C)nc(C)n1. The van der Waals surface area contributed by atoms with Crippen molar-refractivity contribution in [1.29, 1.82) is 0 Å². The molecule has 0 bridgehead atoms. The molecule has 0 radical (unpaired) electrons. The first kappa shape index (κ1) is 55.8. The lowest BCUT2D eigenvalue weighted by Crippen LogP contribution is -1.97. The van der Waals surface area contributed by atoms with E-state index in [0.29, 0.717) is 0 Å². The van der Waals surface area contributed by atoms with Crippen LogP contribution in [0.2, 0.25) is 0 Å². The Morgan fingerprint density at radius 1 is 0.250 bits per heavy atom. The van der Waals surface area contributed by atoms with E-state index in [-0.39, 0.29) is 0 Å².